The Kier molecular flexibility index (Phi) is 4.67. The molecule has 0 aliphatic heterocycles. The highest BCUT2D eigenvalue weighted by atomic mass is 16.6. The number of nitro groups is 1. The summed E-state index contributed by atoms with van der Waals surface area (Å²) in [6.07, 6.45) is 0.876. The number of nitrogens with zero attached hydrogens (tertiary/aromatic N) is 1. The standard InChI is InChI=1S/C7H11NO4/c1-3-6(8(10)11)5-7(9)12-4-2/h3,6H,1,4-5H2,2H3. The lowest BCUT2D eigenvalue weighted by Crippen LogP contribution is -2.21. The van der Waals surface area contributed by atoms with Crippen LogP contribution in [0.4, 0.5) is 0 Å². The average molecular weight is 173 g/mol. The number of rotatable bonds is 5. The molecule has 68 valence electrons. The van der Waals surface area contributed by atoms with Gasteiger partial charge >= 0.3 is 5.97 Å². The Morgan fingerprint density at radius 2 is 2.42 bits per heavy atom. The van der Waals surface area contributed by atoms with Gasteiger partial charge in [-0.15, -0.1) is 0 Å². The summed E-state index contributed by atoms with van der Waals surface area (Å²) in [6.45, 7) is 5.13. The topological polar surface area (TPSA) is 69.4 Å². The van der Waals surface area contributed by atoms with E-state index in [1.807, 2.05) is 0 Å². The number of hydrogen-bond donors (Lipinski definition) is 0. The molecule has 12 heavy (non-hydrogen) atoms. The molecule has 0 fully saturated rings. The first-order valence-electron chi connectivity index (χ1n) is 3.53. The largest absolute Gasteiger partial charge is 0.466 e. The summed E-state index contributed by atoms with van der Waals surface area (Å²) < 4.78 is 4.53. The smallest absolute Gasteiger partial charge is 0.313 e. The third-order valence-electron chi connectivity index (χ3n) is 1.22. The van der Waals surface area contributed by atoms with Gasteiger partial charge in [0.25, 0.3) is 0 Å². The molecular weight excluding hydrogens is 162 g/mol. The van der Waals surface area contributed by atoms with Gasteiger partial charge < -0.3 is 4.74 Å². The molecule has 0 aromatic carbocycles. The molecule has 0 bridgehead atoms. The molecule has 0 heterocycles. The maximum atomic E-state index is 10.7. The maximum absolute atomic E-state index is 10.7. The second-order valence-corrected chi connectivity index (χ2v) is 2.10. The van der Waals surface area contributed by atoms with E-state index < -0.39 is 16.9 Å². The van der Waals surface area contributed by atoms with Crippen LogP contribution in [0.2, 0.25) is 0 Å². The summed E-state index contributed by atoms with van der Waals surface area (Å²) in [4.78, 5) is 20.4. The van der Waals surface area contributed by atoms with Crippen LogP contribution in [0.15, 0.2) is 12.7 Å². The lowest BCUT2D eigenvalue weighted by molar-refractivity contribution is -0.508. The van der Waals surface area contributed by atoms with E-state index in [0.29, 0.717) is 0 Å². The van der Waals surface area contributed by atoms with Crippen molar-refractivity contribution in [1.29, 1.82) is 0 Å². The first-order valence-corrected chi connectivity index (χ1v) is 3.53. The van der Waals surface area contributed by atoms with E-state index in [4.69, 9.17) is 0 Å². The SMILES string of the molecule is C=CC(CC(=O)OCC)[N+](=O)[O-]. The van der Waals surface area contributed by atoms with Crippen LogP contribution in [0.1, 0.15) is 13.3 Å². The minimum atomic E-state index is -1.04. The van der Waals surface area contributed by atoms with Crippen LogP contribution < -0.4 is 0 Å². The minimum Gasteiger partial charge on any atom is -0.466 e. The summed E-state index contributed by atoms with van der Waals surface area (Å²) in [7, 11) is 0. The molecule has 0 saturated carbocycles. The third-order valence-corrected chi connectivity index (χ3v) is 1.22. The van der Waals surface area contributed by atoms with Crippen LogP contribution in [0.3, 0.4) is 0 Å². The van der Waals surface area contributed by atoms with Gasteiger partial charge in [-0.05, 0) is 13.0 Å². The molecule has 0 aliphatic carbocycles. The van der Waals surface area contributed by atoms with E-state index >= 15 is 0 Å². The number of hydrogen-bond acceptors (Lipinski definition) is 4. The van der Waals surface area contributed by atoms with Crippen molar-refractivity contribution in [3.63, 3.8) is 0 Å². The van der Waals surface area contributed by atoms with Gasteiger partial charge in [0.2, 0.25) is 6.04 Å². The summed E-state index contributed by atoms with van der Waals surface area (Å²) in [5, 5.41) is 10.2. The van der Waals surface area contributed by atoms with Crippen molar-refractivity contribution in [1.82, 2.24) is 0 Å². The zero-order valence-corrected chi connectivity index (χ0v) is 6.86. The molecule has 0 aromatic rings. The van der Waals surface area contributed by atoms with Crippen LogP contribution in [-0.2, 0) is 9.53 Å². The molecule has 1 unspecified atom stereocenters. The van der Waals surface area contributed by atoms with Gasteiger partial charge in [-0.2, -0.15) is 0 Å². The van der Waals surface area contributed by atoms with E-state index in [1.54, 1.807) is 6.92 Å². The van der Waals surface area contributed by atoms with Gasteiger partial charge in [0.15, 0.2) is 0 Å². The summed E-state index contributed by atoms with van der Waals surface area (Å²) >= 11 is 0. The fraction of sp³-hybridized carbons (Fsp3) is 0.571. The first-order chi connectivity index (χ1) is 5.61. The van der Waals surface area contributed by atoms with Crippen LogP contribution in [0, 0.1) is 10.1 Å². The van der Waals surface area contributed by atoms with Crippen molar-refractivity contribution >= 4 is 5.97 Å². The van der Waals surface area contributed by atoms with Gasteiger partial charge in [0.1, 0.15) is 6.42 Å². The molecule has 1 atom stereocenters. The Labute approximate surface area is 70.2 Å². The molecule has 0 spiro atoms. The van der Waals surface area contributed by atoms with Crippen LogP contribution >= 0.6 is 0 Å². The van der Waals surface area contributed by atoms with Crippen molar-refractivity contribution in [2.75, 3.05) is 6.61 Å². The Morgan fingerprint density at radius 1 is 1.83 bits per heavy atom. The molecule has 0 saturated heterocycles. The van der Waals surface area contributed by atoms with Gasteiger partial charge in [0.05, 0.1) is 6.61 Å². The van der Waals surface area contributed by atoms with E-state index in [0.717, 1.165) is 6.08 Å². The fourth-order valence-electron chi connectivity index (χ4n) is 0.635. The Morgan fingerprint density at radius 3 is 2.75 bits per heavy atom. The molecule has 5 nitrogen and oxygen atoms in total. The summed E-state index contributed by atoms with van der Waals surface area (Å²) in [5.41, 5.74) is 0. The molecule has 0 aromatic heterocycles. The molecule has 0 aliphatic rings. The maximum Gasteiger partial charge on any atom is 0.313 e. The van der Waals surface area contributed by atoms with Gasteiger partial charge in [-0.25, -0.2) is 0 Å². The highest BCUT2D eigenvalue weighted by Gasteiger charge is 2.20. The summed E-state index contributed by atoms with van der Waals surface area (Å²) in [5.74, 6) is -0.570. The van der Waals surface area contributed by atoms with E-state index in [1.165, 1.54) is 0 Å². The van der Waals surface area contributed by atoms with Crippen molar-refractivity contribution in [3.8, 4) is 0 Å². The molecule has 0 N–H and O–H groups in total. The molecule has 5 heteroatoms. The molecule has 0 radical (unpaired) electrons. The van der Waals surface area contributed by atoms with Gasteiger partial charge in [-0.1, -0.05) is 6.58 Å². The predicted octanol–water partition coefficient (Wildman–Crippen LogP) is 0.771. The molecular formula is C7H11NO4. The Balaban J connectivity index is 3.94. The lowest BCUT2D eigenvalue weighted by Gasteiger charge is -2.03. The van der Waals surface area contributed by atoms with Crippen molar-refractivity contribution < 1.29 is 14.5 Å². The quantitative estimate of drug-likeness (QED) is 0.266. The van der Waals surface area contributed by atoms with Crippen molar-refractivity contribution in [2.45, 2.75) is 19.4 Å². The minimum absolute atomic E-state index is 0.237. The second-order valence-electron chi connectivity index (χ2n) is 2.10. The van der Waals surface area contributed by atoms with Crippen LogP contribution in [0.25, 0.3) is 0 Å². The zero-order chi connectivity index (χ0) is 9.56. The summed E-state index contributed by atoms with van der Waals surface area (Å²) in [6, 6.07) is -1.04. The van der Waals surface area contributed by atoms with Crippen molar-refractivity contribution in [2.24, 2.45) is 0 Å². The molecule has 0 amide bonds. The highest BCUT2D eigenvalue weighted by Crippen LogP contribution is 1.99. The van der Waals surface area contributed by atoms with Gasteiger partial charge in [0, 0.05) is 4.92 Å². The number of carbonyl (C=O) groups excluding carboxylic acids is 1. The first kappa shape index (κ1) is 10.6. The van der Waals surface area contributed by atoms with E-state index in [9.17, 15) is 14.9 Å². The van der Waals surface area contributed by atoms with E-state index in [2.05, 4.69) is 11.3 Å². The molecule has 0 rings (SSSR count). The van der Waals surface area contributed by atoms with Crippen LogP contribution in [-0.4, -0.2) is 23.5 Å². The number of carbonyl (C=O) groups is 1. The number of esters is 1. The predicted molar refractivity (Wildman–Crippen MR) is 42.2 cm³/mol. The number of ether oxygens (including phenoxy) is 1. The monoisotopic (exact) mass is 173 g/mol. The second kappa shape index (κ2) is 5.29. The third kappa shape index (κ3) is 3.70. The Hall–Kier alpha value is -1.39. The van der Waals surface area contributed by atoms with Crippen molar-refractivity contribution in [3.05, 3.63) is 22.8 Å². The lowest BCUT2D eigenvalue weighted by atomic mass is 10.2. The zero-order valence-electron chi connectivity index (χ0n) is 6.86. The highest BCUT2D eigenvalue weighted by molar-refractivity contribution is 5.70. The normalized spacial score (nSPS) is 11.8. The van der Waals surface area contributed by atoms with Crippen LogP contribution in [0.5, 0.6) is 0 Å². The van der Waals surface area contributed by atoms with E-state index in [-0.39, 0.29) is 13.0 Å². The van der Waals surface area contributed by atoms with Gasteiger partial charge in [-0.3, -0.25) is 14.9 Å². The Bertz CT molecular complexity index is 190. The fourth-order valence-corrected chi connectivity index (χ4v) is 0.635. The average Bonchev–Trinajstić information content (AvgIpc) is 2.00.